The molecular formula is C28H36ClN3O3. The van der Waals surface area contributed by atoms with E-state index >= 15 is 0 Å². The van der Waals surface area contributed by atoms with Crippen LogP contribution in [0, 0.1) is 10.1 Å². The number of hydrogen-bond acceptors (Lipinski definition) is 5. The first kappa shape index (κ1) is 28.4. The van der Waals surface area contributed by atoms with Gasteiger partial charge in [0.15, 0.2) is 5.78 Å². The standard InChI is InChI=1S/C28H36ClN3O3/c1-4-10-26(29)13-9-14-27(25-11-7-6-8-12-25)31-21-19-30(20-22-31)18-17-28(33)24(5-2)16-15-23(3)32(34)35/h4,6-13,15-16,27H,1,5,14,17-22H2,2-3H3/b13-9-,23-15+,24-16+,26-10+. The monoisotopic (exact) mass is 497 g/mol. The molecule has 0 saturated carbocycles. The van der Waals surface area contributed by atoms with Gasteiger partial charge in [0.1, 0.15) is 0 Å². The first-order chi connectivity index (χ1) is 16.8. The second-order valence-electron chi connectivity index (χ2n) is 8.51. The van der Waals surface area contributed by atoms with E-state index in [1.54, 1.807) is 18.2 Å². The SMILES string of the molecule is C=C/C=C(Cl)\C=C/CC(c1ccccc1)N1CCN(CCC(=O)/C(=C/C=C(\C)[N+](=O)[O-])CC)CC1. The molecule has 0 radical (unpaired) electrons. The van der Waals surface area contributed by atoms with Crippen LogP contribution in [0.1, 0.15) is 44.7 Å². The summed E-state index contributed by atoms with van der Waals surface area (Å²) >= 11 is 6.18. The second-order valence-corrected chi connectivity index (χ2v) is 8.95. The van der Waals surface area contributed by atoms with Gasteiger partial charge in [-0.05, 0) is 42.2 Å². The van der Waals surface area contributed by atoms with E-state index in [4.69, 9.17) is 11.6 Å². The van der Waals surface area contributed by atoms with Crippen LogP contribution in [0.25, 0.3) is 0 Å². The van der Waals surface area contributed by atoms with Gasteiger partial charge in [0, 0.05) is 63.2 Å². The lowest BCUT2D eigenvalue weighted by atomic mass is 10.0. The maximum absolute atomic E-state index is 12.6. The zero-order chi connectivity index (χ0) is 25.6. The van der Waals surface area contributed by atoms with Crippen molar-refractivity contribution >= 4 is 17.4 Å². The van der Waals surface area contributed by atoms with E-state index in [2.05, 4.69) is 46.7 Å². The lowest BCUT2D eigenvalue weighted by Gasteiger charge is -2.39. The normalized spacial score (nSPS) is 17.5. The number of rotatable bonds is 13. The third-order valence-corrected chi connectivity index (χ3v) is 6.41. The number of carbonyl (C=O) groups excluding carboxylic acids is 1. The van der Waals surface area contributed by atoms with Crippen LogP contribution in [0.3, 0.4) is 0 Å². The van der Waals surface area contributed by atoms with E-state index in [9.17, 15) is 14.9 Å². The molecule has 0 aromatic heterocycles. The fourth-order valence-corrected chi connectivity index (χ4v) is 4.24. The molecule has 188 valence electrons. The van der Waals surface area contributed by atoms with E-state index in [0.29, 0.717) is 30.0 Å². The fraction of sp³-hybridized carbons (Fsp3) is 0.393. The van der Waals surface area contributed by atoms with Crippen LogP contribution in [-0.4, -0.2) is 53.2 Å². The van der Waals surface area contributed by atoms with Gasteiger partial charge in [-0.1, -0.05) is 67.6 Å². The van der Waals surface area contributed by atoms with Crippen LogP contribution in [0.5, 0.6) is 0 Å². The number of hydrogen-bond donors (Lipinski definition) is 0. The van der Waals surface area contributed by atoms with Gasteiger partial charge in [-0.2, -0.15) is 0 Å². The van der Waals surface area contributed by atoms with Crippen molar-refractivity contribution in [2.24, 2.45) is 0 Å². The summed E-state index contributed by atoms with van der Waals surface area (Å²) in [5.41, 5.74) is 1.94. The predicted octanol–water partition coefficient (Wildman–Crippen LogP) is 6.08. The molecule has 0 amide bonds. The van der Waals surface area contributed by atoms with Crippen molar-refractivity contribution < 1.29 is 9.72 Å². The van der Waals surface area contributed by atoms with E-state index in [1.807, 2.05) is 19.1 Å². The van der Waals surface area contributed by atoms with Crippen LogP contribution in [0.15, 0.2) is 89.7 Å². The van der Waals surface area contributed by atoms with E-state index in [1.165, 1.54) is 18.6 Å². The lowest BCUT2D eigenvalue weighted by Crippen LogP contribution is -2.48. The van der Waals surface area contributed by atoms with Crippen molar-refractivity contribution in [3.8, 4) is 0 Å². The van der Waals surface area contributed by atoms with Gasteiger partial charge in [0.05, 0.1) is 4.92 Å². The Kier molecular flexibility index (Phi) is 12.4. The average molecular weight is 498 g/mol. The number of nitro groups is 1. The molecule has 1 fully saturated rings. The third-order valence-electron chi connectivity index (χ3n) is 6.15. The Bertz CT molecular complexity index is 974. The van der Waals surface area contributed by atoms with Crippen LogP contribution in [0.2, 0.25) is 0 Å². The Morgan fingerprint density at radius 1 is 1.17 bits per heavy atom. The summed E-state index contributed by atoms with van der Waals surface area (Å²) in [4.78, 5) is 27.8. The van der Waals surface area contributed by atoms with Gasteiger partial charge in [-0.15, -0.1) is 0 Å². The zero-order valence-electron chi connectivity index (χ0n) is 20.7. The quantitative estimate of drug-likeness (QED) is 0.143. The van der Waals surface area contributed by atoms with Crippen LogP contribution in [-0.2, 0) is 4.79 Å². The third kappa shape index (κ3) is 9.76. The molecule has 1 saturated heterocycles. The smallest absolute Gasteiger partial charge is 0.243 e. The summed E-state index contributed by atoms with van der Waals surface area (Å²) in [6.07, 6.45) is 12.3. The highest BCUT2D eigenvalue weighted by Gasteiger charge is 2.24. The molecule has 1 aliphatic heterocycles. The average Bonchev–Trinajstić information content (AvgIpc) is 2.86. The maximum atomic E-state index is 12.6. The molecule has 0 aliphatic carbocycles. The van der Waals surface area contributed by atoms with Gasteiger partial charge in [-0.25, -0.2) is 0 Å². The Morgan fingerprint density at radius 3 is 2.46 bits per heavy atom. The molecule has 1 heterocycles. The number of nitrogens with zero attached hydrogens (tertiary/aromatic N) is 3. The fourth-order valence-electron chi connectivity index (χ4n) is 4.06. The number of Topliss-reactive ketones (excluding diaryl/α,β-unsaturated/α-hetero) is 1. The summed E-state index contributed by atoms with van der Waals surface area (Å²) < 4.78 is 0. The van der Waals surface area contributed by atoms with Crippen molar-refractivity contribution in [1.29, 1.82) is 0 Å². The van der Waals surface area contributed by atoms with Gasteiger partial charge < -0.3 is 4.90 Å². The zero-order valence-corrected chi connectivity index (χ0v) is 21.5. The molecular weight excluding hydrogens is 462 g/mol. The Labute approximate surface area is 214 Å². The molecule has 1 unspecified atom stereocenters. The highest BCUT2D eigenvalue weighted by Crippen LogP contribution is 2.26. The highest BCUT2D eigenvalue weighted by atomic mass is 35.5. The molecule has 1 atom stereocenters. The van der Waals surface area contributed by atoms with E-state index < -0.39 is 4.92 Å². The first-order valence-electron chi connectivity index (χ1n) is 12.1. The number of ketones is 1. The second kappa shape index (κ2) is 15.2. The number of allylic oxidation sites excluding steroid dienone is 8. The van der Waals surface area contributed by atoms with E-state index in [-0.39, 0.29) is 17.5 Å². The van der Waals surface area contributed by atoms with Crippen molar-refractivity contribution in [3.63, 3.8) is 0 Å². The largest absolute Gasteiger partial charge is 0.300 e. The highest BCUT2D eigenvalue weighted by molar-refractivity contribution is 6.31. The Morgan fingerprint density at radius 2 is 1.86 bits per heavy atom. The summed E-state index contributed by atoms with van der Waals surface area (Å²) in [7, 11) is 0. The molecule has 1 aromatic rings. The van der Waals surface area contributed by atoms with Gasteiger partial charge >= 0.3 is 0 Å². The number of carbonyl (C=O) groups is 1. The lowest BCUT2D eigenvalue weighted by molar-refractivity contribution is -0.424. The minimum absolute atomic E-state index is 0.0293. The van der Waals surface area contributed by atoms with Crippen molar-refractivity contribution in [1.82, 2.24) is 9.80 Å². The maximum Gasteiger partial charge on any atom is 0.243 e. The molecule has 0 N–H and O–H groups in total. The Balaban J connectivity index is 1.95. The van der Waals surface area contributed by atoms with Crippen molar-refractivity contribution in [3.05, 3.63) is 105 Å². The molecule has 1 aliphatic rings. The minimum atomic E-state index is -0.446. The molecule has 7 heteroatoms. The summed E-state index contributed by atoms with van der Waals surface area (Å²) in [5, 5.41) is 11.4. The van der Waals surface area contributed by atoms with Crippen LogP contribution >= 0.6 is 11.6 Å². The first-order valence-corrected chi connectivity index (χ1v) is 12.4. The number of halogens is 1. The summed E-state index contributed by atoms with van der Waals surface area (Å²) in [6, 6.07) is 10.8. The number of benzene rings is 1. The van der Waals surface area contributed by atoms with Gasteiger partial charge in [0.2, 0.25) is 5.70 Å². The van der Waals surface area contributed by atoms with Crippen LogP contribution < -0.4 is 0 Å². The number of piperazine rings is 1. The molecule has 6 nitrogen and oxygen atoms in total. The van der Waals surface area contributed by atoms with Crippen molar-refractivity contribution in [2.75, 3.05) is 32.7 Å². The predicted molar refractivity (Wildman–Crippen MR) is 144 cm³/mol. The molecule has 35 heavy (non-hydrogen) atoms. The van der Waals surface area contributed by atoms with Gasteiger partial charge in [-0.3, -0.25) is 19.8 Å². The molecule has 0 spiro atoms. The topological polar surface area (TPSA) is 66.7 Å². The summed E-state index contributed by atoms with van der Waals surface area (Å²) in [5.74, 6) is 0.0547. The Hall–Kier alpha value is -2.80. The van der Waals surface area contributed by atoms with E-state index in [0.717, 1.165) is 32.6 Å². The molecule has 2 rings (SSSR count). The van der Waals surface area contributed by atoms with Gasteiger partial charge in [0.25, 0.3) is 0 Å². The molecule has 0 bridgehead atoms. The van der Waals surface area contributed by atoms with Crippen molar-refractivity contribution in [2.45, 2.75) is 39.2 Å². The summed E-state index contributed by atoms with van der Waals surface area (Å²) in [6.45, 7) is 11.3. The minimum Gasteiger partial charge on any atom is -0.300 e. The molecule has 1 aromatic carbocycles. The van der Waals surface area contributed by atoms with Crippen LogP contribution in [0.4, 0.5) is 0 Å².